The molecule has 0 saturated carbocycles. The fraction of sp³-hybridized carbons (Fsp3) is 0.474. The minimum absolute atomic E-state index is 0.631. The molecule has 0 unspecified atom stereocenters. The molecule has 0 bridgehead atoms. The molecule has 122 valence electrons. The number of hydrogen-bond acceptors (Lipinski definition) is 4. The predicted octanol–water partition coefficient (Wildman–Crippen LogP) is 3.12. The highest BCUT2D eigenvalue weighted by Gasteiger charge is 2.19. The van der Waals surface area contributed by atoms with E-state index in [2.05, 4.69) is 45.4 Å². The monoisotopic (exact) mass is 311 g/mol. The first-order chi connectivity index (χ1) is 11.3. The number of likely N-dealkylation sites (tertiary alicyclic amines) is 1. The Morgan fingerprint density at radius 1 is 1.04 bits per heavy atom. The van der Waals surface area contributed by atoms with Crippen LogP contribution in [-0.4, -0.2) is 41.3 Å². The molecule has 1 aliphatic heterocycles. The number of aryl methyl sites for hydroxylation is 1. The van der Waals surface area contributed by atoms with Crippen molar-refractivity contribution in [2.24, 2.45) is 5.92 Å². The molecule has 0 spiro atoms. The van der Waals surface area contributed by atoms with Crippen LogP contribution >= 0.6 is 0 Å². The fourth-order valence-corrected chi connectivity index (χ4v) is 2.98. The van der Waals surface area contributed by atoms with E-state index in [1.807, 2.05) is 19.1 Å². The fourth-order valence-electron chi connectivity index (χ4n) is 2.98. The third-order valence-corrected chi connectivity index (χ3v) is 4.51. The molecule has 1 aromatic heterocycles. The third-order valence-electron chi connectivity index (χ3n) is 4.51. The van der Waals surface area contributed by atoms with E-state index in [4.69, 9.17) is 4.74 Å². The number of hydrogen-bond donors (Lipinski definition) is 0. The van der Waals surface area contributed by atoms with E-state index >= 15 is 0 Å². The van der Waals surface area contributed by atoms with Gasteiger partial charge < -0.3 is 9.64 Å². The average molecular weight is 311 g/mol. The van der Waals surface area contributed by atoms with Crippen LogP contribution in [0.5, 0.6) is 5.88 Å². The summed E-state index contributed by atoms with van der Waals surface area (Å²) in [6.07, 6.45) is 3.54. The summed E-state index contributed by atoms with van der Waals surface area (Å²) in [6, 6.07) is 14.6. The summed E-state index contributed by atoms with van der Waals surface area (Å²) in [5.41, 5.74) is 2.35. The first-order valence-electron chi connectivity index (χ1n) is 8.49. The molecule has 1 fully saturated rings. The van der Waals surface area contributed by atoms with E-state index in [9.17, 15) is 0 Å². The summed E-state index contributed by atoms with van der Waals surface area (Å²) in [7, 11) is 0. The van der Waals surface area contributed by atoms with Gasteiger partial charge in [-0.1, -0.05) is 30.3 Å². The van der Waals surface area contributed by atoms with E-state index in [1.165, 1.54) is 31.5 Å². The molecule has 4 nitrogen and oxygen atoms in total. The molecule has 1 saturated heterocycles. The Balaban J connectivity index is 1.36. The van der Waals surface area contributed by atoms with Crippen LogP contribution in [0.1, 0.15) is 24.1 Å². The van der Waals surface area contributed by atoms with E-state index in [1.54, 1.807) is 0 Å². The number of rotatable bonds is 6. The largest absolute Gasteiger partial charge is 0.476 e. The number of benzene rings is 1. The Morgan fingerprint density at radius 3 is 2.52 bits per heavy atom. The van der Waals surface area contributed by atoms with Crippen LogP contribution in [0.15, 0.2) is 42.5 Å². The quantitative estimate of drug-likeness (QED) is 0.821. The first kappa shape index (κ1) is 15.9. The lowest BCUT2D eigenvalue weighted by Gasteiger charge is -2.31. The Morgan fingerprint density at radius 2 is 1.83 bits per heavy atom. The average Bonchev–Trinajstić information content (AvgIpc) is 2.61. The highest BCUT2D eigenvalue weighted by molar-refractivity contribution is 5.15. The minimum atomic E-state index is 0.631. The molecule has 4 heteroatoms. The van der Waals surface area contributed by atoms with Crippen LogP contribution in [0.25, 0.3) is 0 Å². The Hall–Kier alpha value is -1.94. The van der Waals surface area contributed by atoms with Crippen LogP contribution in [0.3, 0.4) is 0 Å². The molecule has 2 heterocycles. The van der Waals surface area contributed by atoms with E-state index in [-0.39, 0.29) is 0 Å². The molecule has 0 radical (unpaired) electrons. The van der Waals surface area contributed by atoms with Gasteiger partial charge in [-0.25, -0.2) is 0 Å². The Labute approximate surface area is 138 Å². The first-order valence-corrected chi connectivity index (χ1v) is 8.49. The summed E-state index contributed by atoms with van der Waals surface area (Å²) in [5.74, 6) is 1.27. The molecule has 0 aliphatic carbocycles. The van der Waals surface area contributed by atoms with Crippen molar-refractivity contribution in [1.29, 1.82) is 0 Å². The van der Waals surface area contributed by atoms with Crippen LogP contribution < -0.4 is 4.74 Å². The molecule has 0 amide bonds. The van der Waals surface area contributed by atoms with Crippen molar-refractivity contribution in [3.8, 4) is 5.88 Å². The molecule has 2 aromatic rings. The third kappa shape index (κ3) is 5.03. The molecule has 0 N–H and O–H groups in total. The van der Waals surface area contributed by atoms with Gasteiger partial charge in [-0.3, -0.25) is 0 Å². The molecule has 1 aliphatic rings. The van der Waals surface area contributed by atoms with E-state index in [0.717, 1.165) is 25.3 Å². The Bertz CT molecular complexity index is 577. The maximum absolute atomic E-state index is 5.77. The normalized spacial score (nSPS) is 16.4. The van der Waals surface area contributed by atoms with Crippen molar-refractivity contribution >= 4 is 0 Å². The van der Waals surface area contributed by atoms with Gasteiger partial charge in [0.15, 0.2) is 0 Å². The lowest BCUT2D eigenvalue weighted by molar-refractivity contribution is 0.139. The number of aromatic nitrogens is 2. The van der Waals surface area contributed by atoms with Crippen molar-refractivity contribution in [1.82, 2.24) is 15.1 Å². The van der Waals surface area contributed by atoms with Gasteiger partial charge in [-0.2, -0.15) is 5.10 Å². The highest BCUT2D eigenvalue weighted by atomic mass is 16.5. The lowest BCUT2D eigenvalue weighted by atomic mass is 9.97. The summed E-state index contributed by atoms with van der Waals surface area (Å²) < 4.78 is 5.77. The second-order valence-corrected chi connectivity index (χ2v) is 6.34. The summed E-state index contributed by atoms with van der Waals surface area (Å²) in [5, 5.41) is 8.08. The second-order valence-electron chi connectivity index (χ2n) is 6.34. The van der Waals surface area contributed by atoms with Gasteiger partial charge >= 0.3 is 0 Å². The SMILES string of the molecule is Cc1ccc(OCC2CCN(CCc3ccccc3)CC2)nn1. The standard InChI is InChI=1S/C19H25N3O/c1-16-7-8-19(21-20-16)23-15-18-10-13-22(14-11-18)12-9-17-5-3-2-4-6-17/h2-8,18H,9-15H2,1H3. The van der Waals surface area contributed by atoms with Gasteiger partial charge in [0.05, 0.1) is 12.3 Å². The van der Waals surface area contributed by atoms with Gasteiger partial charge in [-0.05, 0) is 56.8 Å². The zero-order valence-electron chi connectivity index (χ0n) is 13.8. The van der Waals surface area contributed by atoms with Crippen molar-refractivity contribution < 1.29 is 4.74 Å². The van der Waals surface area contributed by atoms with Crippen LogP contribution in [-0.2, 0) is 6.42 Å². The predicted molar refractivity (Wildman–Crippen MR) is 91.6 cm³/mol. The van der Waals surface area contributed by atoms with Crippen molar-refractivity contribution in [2.45, 2.75) is 26.2 Å². The van der Waals surface area contributed by atoms with Crippen LogP contribution in [0, 0.1) is 12.8 Å². The number of piperidine rings is 1. The van der Waals surface area contributed by atoms with Gasteiger partial charge in [-0.15, -0.1) is 5.10 Å². The maximum Gasteiger partial charge on any atom is 0.233 e. The summed E-state index contributed by atoms with van der Waals surface area (Å²) in [4.78, 5) is 2.56. The smallest absolute Gasteiger partial charge is 0.233 e. The molecule has 1 aromatic carbocycles. The van der Waals surface area contributed by atoms with Gasteiger partial charge in [0, 0.05) is 12.6 Å². The molecule has 23 heavy (non-hydrogen) atoms. The van der Waals surface area contributed by atoms with Gasteiger partial charge in [0.1, 0.15) is 0 Å². The summed E-state index contributed by atoms with van der Waals surface area (Å²) in [6.45, 7) is 6.17. The van der Waals surface area contributed by atoms with E-state index in [0.29, 0.717) is 11.8 Å². The van der Waals surface area contributed by atoms with Crippen molar-refractivity contribution in [3.05, 3.63) is 53.7 Å². The van der Waals surface area contributed by atoms with Crippen LogP contribution in [0.4, 0.5) is 0 Å². The van der Waals surface area contributed by atoms with Gasteiger partial charge in [0.25, 0.3) is 0 Å². The van der Waals surface area contributed by atoms with E-state index < -0.39 is 0 Å². The van der Waals surface area contributed by atoms with Crippen LogP contribution in [0.2, 0.25) is 0 Å². The molecular formula is C19H25N3O. The topological polar surface area (TPSA) is 38.2 Å². The zero-order valence-corrected chi connectivity index (χ0v) is 13.8. The molecule has 0 atom stereocenters. The lowest BCUT2D eigenvalue weighted by Crippen LogP contribution is -2.36. The summed E-state index contributed by atoms with van der Waals surface area (Å²) >= 11 is 0. The highest BCUT2D eigenvalue weighted by Crippen LogP contribution is 2.19. The number of nitrogens with zero attached hydrogens (tertiary/aromatic N) is 3. The molecular weight excluding hydrogens is 286 g/mol. The zero-order chi connectivity index (χ0) is 15.9. The second kappa shape index (κ2) is 8.06. The Kier molecular flexibility index (Phi) is 5.59. The van der Waals surface area contributed by atoms with Gasteiger partial charge in [0.2, 0.25) is 5.88 Å². The maximum atomic E-state index is 5.77. The number of ether oxygens (including phenoxy) is 1. The van der Waals surface area contributed by atoms with Crippen molar-refractivity contribution in [3.63, 3.8) is 0 Å². The van der Waals surface area contributed by atoms with Crippen molar-refractivity contribution in [2.75, 3.05) is 26.2 Å². The minimum Gasteiger partial charge on any atom is -0.476 e. The molecule has 3 rings (SSSR count).